The van der Waals surface area contributed by atoms with Gasteiger partial charge < -0.3 is 9.47 Å². The molecule has 0 amide bonds. The van der Waals surface area contributed by atoms with Crippen molar-refractivity contribution in [1.82, 2.24) is 0 Å². The van der Waals surface area contributed by atoms with Crippen molar-refractivity contribution in [2.45, 2.75) is 58.5 Å². The summed E-state index contributed by atoms with van der Waals surface area (Å²) in [7, 11) is 0. The minimum atomic E-state index is 0.0658. The lowest BCUT2D eigenvalue weighted by Crippen LogP contribution is -2.10. The summed E-state index contributed by atoms with van der Waals surface area (Å²) < 4.78 is 12.0. The Morgan fingerprint density at radius 1 is 0.955 bits per heavy atom. The molecule has 1 atom stereocenters. The minimum Gasteiger partial charge on any atom is -0.493 e. The Balaban J connectivity index is 1.96. The smallest absolute Gasteiger partial charge is 0.123 e. The number of fused-ring (bicyclic) bond motifs is 1. The number of hydrogen-bond acceptors (Lipinski definition) is 2. The van der Waals surface area contributed by atoms with Gasteiger partial charge in [0.1, 0.15) is 11.9 Å². The minimum absolute atomic E-state index is 0.0658. The van der Waals surface area contributed by atoms with Gasteiger partial charge in [-0.3, -0.25) is 0 Å². The van der Waals surface area contributed by atoms with Crippen molar-refractivity contribution in [1.29, 1.82) is 0 Å². The third kappa shape index (κ3) is 4.88. The number of benzene rings is 1. The highest BCUT2D eigenvalue weighted by Crippen LogP contribution is 2.35. The van der Waals surface area contributed by atoms with Crippen molar-refractivity contribution < 1.29 is 9.47 Å². The first kappa shape index (κ1) is 17.1. The van der Waals surface area contributed by atoms with Gasteiger partial charge in [0.25, 0.3) is 0 Å². The van der Waals surface area contributed by atoms with Crippen LogP contribution in [0.4, 0.5) is 0 Å². The van der Waals surface area contributed by atoms with Crippen LogP contribution in [-0.2, 0) is 4.74 Å². The van der Waals surface area contributed by atoms with Gasteiger partial charge in [0.2, 0.25) is 0 Å². The number of allylic oxidation sites excluding steroid dienone is 1. The predicted molar refractivity (Wildman–Crippen MR) is 92.2 cm³/mol. The van der Waals surface area contributed by atoms with Crippen LogP contribution in [0.25, 0.3) is 0 Å². The molecule has 0 spiro atoms. The van der Waals surface area contributed by atoms with E-state index in [0.29, 0.717) is 0 Å². The van der Waals surface area contributed by atoms with Crippen LogP contribution in [0, 0.1) is 6.42 Å². The number of rotatable bonds is 10. The first-order chi connectivity index (χ1) is 10.9. The fraction of sp³-hybridized carbons (Fsp3) is 0.550. The van der Waals surface area contributed by atoms with Crippen LogP contribution in [-0.4, -0.2) is 13.2 Å². The fourth-order valence-corrected chi connectivity index (χ4v) is 2.71. The molecule has 0 saturated heterocycles. The van der Waals surface area contributed by atoms with Crippen LogP contribution >= 0.6 is 0 Å². The maximum Gasteiger partial charge on any atom is 0.123 e. The standard InChI is InChI=1S/C20H29O2/c1-3-5-7-15-21-19-13-9-12-18-17(19)11-10-14-20(18)22-16-8-6-4-2/h9-14,19H,3-8,15-16H2,1-2H3. The molecule has 2 nitrogen and oxygen atoms in total. The first-order valence-corrected chi connectivity index (χ1v) is 8.75. The van der Waals surface area contributed by atoms with Gasteiger partial charge >= 0.3 is 0 Å². The molecule has 2 heteroatoms. The Labute approximate surface area is 135 Å². The molecule has 0 aromatic heterocycles. The molecule has 0 heterocycles. The maximum atomic E-state index is 6.05. The van der Waals surface area contributed by atoms with Gasteiger partial charge in [-0.1, -0.05) is 63.8 Å². The zero-order chi connectivity index (χ0) is 15.6. The van der Waals surface area contributed by atoms with Crippen molar-refractivity contribution in [2.75, 3.05) is 13.2 Å². The van der Waals surface area contributed by atoms with Crippen molar-refractivity contribution in [3.8, 4) is 5.75 Å². The molecule has 1 aliphatic rings. The molecule has 2 rings (SSSR count). The average molecular weight is 301 g/mol. The molecule has 1 aromatic rings. The SMILES string of the molecule is CCCCCOc1cccc2c1[CH]C=CC2OCCCCC. The van der Waals surface area contributed by atoms with Gasteiger partial charge in [-0.2, -0.15) is 0 Å². The Bertz CT molecular complexity index is 465. The van der Waals surface area contributed by atoms with E-state index in [1.165, 1.54) is 36.8 Å². The Morgan fingerprint density at radius 3 is 2.50 bits per heavy atom. The first-order valence-electron chi connectivity index (χ1n) is 8.75. The van der Waals surface area contributed by atoms with E-state index in [-0.39, 0.29) is 6.10 Å². The normalized spacial score (nSPS) is 16.5. The van der Waals surface area contributed by atoms with Gasteiger partial charge in [0, 0.05) is 18.6 Å². The van der Waals surface area contributed by atoms with Gasteiger partial charge in [-0.05, 0) is 24.5 Å². The van der Waals surface area contributed by atoms with Crippen LogP contribution in [0.15, 0.2) is 30.4 Å². The van der Waals surface area contributed by atoms with E-state index in [1.807, 2.05) is 0 Å². The molecule has 0 bridgehead atoms. The number of unbranched alkanes of at least 4 members (excludes halogenated alkanes) is 4. The second-order valence-electron chi connectivity index (χ2n) is 5.86. The monoisotopic (exact) mass is 301 g/mol. The second kappa shape index (κ2) is 9.68. The molecule has 1 aromatic carbocycles. The molecular formula is C20H29O2. The Kier molecular flexibility index (Phi) is 7.51. The largest absolute Gasteiger partial charge is 0.493 e. The molecule has 1 radical (unpaired) electrons. The highest BCUT2D eigenvalue weighted by Gasteiger charge is 2.19. The van der Waals surface area contributed by atoms with Crippen molar-refractivity contribution in [3.05, 3.63) is 47.9 Å². The van der Waals surface area contributed by atoms with E-state index in [2.05, 4.69) is 50.6 Å². The predicted octanol–water partition coefficient (Wildman–Crippen LogP) is 5.63. The van der Waals surface area contributed by atoms with Crippen LogP contribution in [0.3, 0.4) is 0 Å². The molecule has 0 N–H and O–H groups in total. The van der Waals surface area contributed by atoms with Crippen LogP contribution in [0.2, 0.25) is 0 Å². The lowest BCUT2D eigenvalue weighted by molar-refractivity contribution is 0.0808. The van der Waals surface area contributed by atoms with E-state index < -0.39 is 0 Å². The van der Waals surface area contributed by atoms with Crippen molar-refractivity contribution in [3.63, 3.8) is 0 Å². The quantitative estimate of drug-likeness (QED) is 0.522. The zero-order valence-corrected chi connectivity index (χ0v) is 14.0. The molecule has 1 unspecified atom stereocenters. The summed E-state index contributed by atoms with van der Waals surface area (Å²) in [6.07, 6.45) is 13.6. The molecule has 1 aliphatic carbocycles. The van der Waals surface area contributed by atoms with E-state index in [9.17, 15) is 0 Å². The summed E-state index contributed by atoms with van der Waals surface area (Å²) in [5.41, 5.74) is 2.41. The fourth-order valence-electron chi connectivity index (χ4n) is 2.71. The Morgan fingerprint density at radius 2 is 1.73 bits per heavy atom. The van der Waals surface area contributed by atoms with Gasteiger partial charge in [-0.25, -0.2) is 0 Å². The van der Waals surface area contributed by atoms with Gasteiger partial charge in [0.05, 0.1) is 6.61 Å². The van der Waals surface area contributed by atoms with Gasteiger partial charge in [-0.15, -0.1) is 0 Å². The van der Waals surface area contributed by atoms with Crippen LogP contribution in [0.1, 0.15) is 69.6 Å². The summed E-state index contributed by atoms with van der Waals surface area (Å²) in [6.45, 7) is 6.05. The summed E-state index contributed by atoms with van der Waals surface area (Å²) in [5.74, 6) is 0.986. The highest BCUT2D eigenvalue weighted by molar-refractivity contribution is 5.51. The number of hydrogen-bond donors (Lipinski definition) is 0. The summed E-state index contributed by atoms with van der Waals surface area (Å²) in [5, 5.41) is 0. The van der Waals surface area contributed by atoms with Crippen LogP contribution < -0.4 is 4.74 Å². The maximum absolute atomic E-state index is 6.05. The zero-order valence-electron chi connectivity index (χ0n) is 14.0. The van der Waals surface area contributed by atoms with E-state index in [4.69, 9.17) is 9.47 Å². The summed E-state index contributed by atoms with van der Waals surface area (Å²) >= 11 is 0. The summed E-state index contributed by atoms with van der Waals surface area (Å²) in [6, 6.07) is 6.29. The topological polar surface area (TPSA) is 18.5 Å². The second-order valence-corrected chi connectivity index (χ2v) is 5.86. The van der Waals surface area contributed by atoms with E-state index >= 15 is 0 Å². The van der Waals surface area contributed by atoms with Crippen molar-refractivity contribution in [2.24, 2.45) is 0 Å². The lowest BCUT2D eigenvalue weighted by Gasteiger charge is -2.23. The highest BCUT2D eigenvalue weighted by atomic mass is 16.5. The van der Waals surface area contributed by atoms with Gasteiger partial charge in [0.15, 0.2) is 0 Å². The third-order valence-corrected chi connectivity index (χ3v) is 4.01. The molecule has 121 valence electrons. The molecule has 0 aliphatic heterocycles. The third-order valence-electron chi connectivity index (χ3n) is 4.01. The average Bonchev–Trinajstić information content (AvgIpc) is 2.56. The number of ether oxygens (including phenoxy) is 2. The lowest BCUT2D eigenvalue weighted by atomic mass is 9.93. The molecule has 0 fully saturated rings. The Hall–Kier alpha value is -1.28. The molecular weight excluding hydrogens is 272 g/mol. The summed E-state index contributed by atoms with van der Waals surface area (Å²) in [4.78, 5) is 0. The van der Waals surface area contributed by atoms with Crippen LogP contribution in [0.5, 0.6) is 5.75 Å². The molecule has 0 saturated carbocycles. The molecule has 22 heavy (non-hydrogen) atoms. The van der Waals surface area contributed by atoms with Crippen molar-refractivity contribution >= 4 is 0 Å². The van der Waals surface area contributed by atoms with E-state index in [0.717, 1.165) is 31.8 Å². The van der Waals surface area contributed by atoms with E-state index in [1.54, 1.807) is 0 Å².